The maximum absolute atomic E-state index is 4.52. The van der Waals surface area contributed by atoms with E-state index in [4.69, 9.17) is 0 Å². The summed E-state index contributed by atoms with van der Waals surface area (Å²) in [5.74, 6) is 0. The second kappa shape index (κ2) is 5.52. The van der Waals surface area contributed by atoms with Gasteiger partial charge in [0.15, 0.2) is 5.65 Å². The molecule has 1 aromatic carbocycles. The minimum atomic E-state index is 0.856. The van der Waals surface area contributed by atoms with Crippen molar-refractivity contribution in [3.8, 4) is 22.5 Å². The molecule has 3 aromatic heterocycles. The van der Waals surface area contributed by atoms with Crippen molar-refractivity contribution in [2.24, 2.45) is 0 Å². The van der Waals surface area contributed by atoms with E-state index >= 15 is 0 Å². The number of fused-ring (bicyclic) bond motifs is 1. The number of rotatable bonds is 3. The van der Waals surface area contributed by atoms with E-state index in [9.17, 15) is 0 Å². The Hall–Kier alpha value is -2.66. The maximum atomic E-state index is 4.52. The molecular weight excluding hydrogens is 304 g/mol. The first kappa shape index (κ1) is 14.0. The minimum Gasteiger partial charge on any atom is -0.378 e. The summed E-state index contributed by atoms with van der Waals surface area (Å²) >= 11 is 1.68. The zero-order chi connectivity index (χ0) is 15.8. The van der Waals surface area contributed by atoms with Crippen molar-refractivity contribution in [3.63, 3.8) is 0 Å². The van der Waals surface area contributed by atoms with Gasteiger partial charge >= 0.3 is 0 Å². The van der Waals surface area contributed by atoms with Crippen molar-refractivity contribution in [2.45, 2.75) is 0 Å². The second-order valence-electron chi connectivity index (χ2n) is 5.60. The fourth-order valence-electron chi connectivity index (χ4n) is 2.61. The molecule has 5 heteroatoms. The highest BCUT2D eigenvalue weighted by Gasteiger charge is 2.09. The number of benzene rings is 1. The molecule has 4 rings (SSSR count). The molecule has 0 unspecified atom stereocenters. The van der Waals surface area contributed by atoms with E-state index in [1.165, 1.54) is 5.69 Å². The van der Waals surface area contributed by atoms with Gasteiger partial charge in [0, 0.05) is 42.5 Å². The number of nitrogens with zero attached hydrogens (tertiary/aromatic N) is 4. The molecule has 0 spiro atoms. The Morgan fingerprint density at radius 1 is 1.04 bits per heavy atom. The summed E-state index contributed by atoms with van der Waals surface area (Å²) in [4.78, 5) is 11.1. The predicted molar refractivity (Wildman–Crippen MR) is 96.1 cm³/mol. The molecule has 0 amide bonds. The molecule has 4 aromatic rings. The summed E-state index contributed by atoms with van der Waals surface area (Å²) in [6.45, 7) is 0. The van der Waals surface area contributed by atoms with E-state index in [0.29, 0.717) is 0 Å². The van der Waals surface area contributed by atoms with Crippen LogP contribution in [0.2, 0.25) is 0 Å². The number of thiophene rings is 1. The third-order valence-corrected chi connectivity index (χ3v) is 4.55. The third kappa shape index (κ3) is 2.49. The molecule has 0 fully saturated rings. The van der Waals surface area contributed by atoms with Crippen LogP contribution in [-0.4, -0.2) is 28.5 Å². The first-order chi connectivity index (χ1) is 11.2. The summed E-state index contributed by atoms with van der Waals surface area (Å²) in [6.07, 6.45) is 5.79. The number of hydrogen-bond donors (Lipinski definition) is 0. The minimum absolute atomic E-state index is 0.856. The van der Waals surface area contributed by atoms with Crippen LogP contribution in [0.3, 0.4) is 0 Å². The molecule has 23 heavy (non-hydrogen) atoms. The molecule has 0 atom stereocenters. The Labute approximate surface area is 138 Å². The van der Waals surface area contributed by atoms with Crippen LogP contribution in [-0.2, 0) is 0 Å². The van der Waals surface area contributed by atoms with Crippen molar-refractivity contribution in [1.82, 2.24) is 14.4 Å². The SMILES string of the molecule is CN(C)c1cccc(-c2cnc3cnc(-c4ccsc4)cn23)c1. The largest absolute Gasteiger partial charge is 0.378 e. The molecule has 4 nitrogen and oxygen atoms in total. The quantitative estimate of drug-likeness (QED) is 0.567. The number of hydrogen-bond acceptors (Lipinski definition) is 4. The van der Waals surface area contributed by atoms with Crippen LogP contribution in [0.5, 0.6) is 0 Å². The van der Waals surface area contributed by atoms with Gasteiger partial charge in [-0.25, -0.2) is 4.98 Å². The monoisotopic (exact) mass is 320 g/mol. The molecule has 0 aliphatic rings. The second-order valence-corrected chi connectivity index (χ2v) is 6.38. The van der Waals surface area contributed by atoms with Gasteiger partial charge in [0.1, 0.15) is 0 Å². The summed E-state index contributed by atoms with van der Waals surface area (Å²) in [7, 11) is 4.10. The summed E-state index contributed by atoms with van der Waals surface area (Å²) in [5.41, 5.74) is 6.34. The van der Waals surface area contributed by atoms with E-state index in [1.807, 2.05) is 26.5 Å². The fourth-order valence-corrected chi connectivity index (χ4v) is 3.26. The zero-order valence-corrected chi connectivity index (χ0v) is 13.8. The Morgan fingerprint density at radius 3 is 2.74 bits per heavy atom. The molecule has 0 aliphatic carbocycles. The van der Waals surface area contributed by atoms with Crippen molar-refractivity contribution >= 4 is 22.7 Å². The molecule has 0 N–H and O–H groups in total. The first-order valence-electron chi connectivity index (χ1n) is 7.36. The topological polar surface area (TPSA) is 33.4 Å². The fraction of sp³-hybridized carbons (Fsp3) is 0.111. The van der Waals surface area contributed by atoms with Crippen LogP contribution in [0.15, 0.2) is 59.7 Å². The van der Waals surface area contributed by atoms with Crippen molar-refractivity contribution in [1.29, 1.82) is 0 Å². The molecule has 0 radical (unpaired) electrons. The lowest BCUT2D eigenvalue weighted by Gasteiger charge is -2.13. The molecule has 0 aliphatic heterocycles. The lowest BCUT2D eigenvalue weighted by molar-refractivity contribution is 1.12. The van der Waals surface area contributed by atoms with Gasteiger partial charge in [0.2, 0.25) is 0 Å². The Kier molecular flexibility index (Phi) is 3.35. The normalized spacial score (nSPS) is 11.0. The summed E-state index contributed by atoms with van der Waals surface area (Å²) in [6, 6.07) is 10.5. The van der Waals surface area contributed by atoms with Gasteiger partial charge in [0.05, 0.1) is 23.8 Å². The smallest absolute Gasteiger partial charge is 0.155 e. The molecule has 0 bridgehead atoms. The van der Waals surface area contributed by atoms with Gasteiger partial charge < -0.3 is 4.90 Å². The number of anilines is 1. The van der Waals surface area contributed by atoms with Crippen LogP contribution in [0.25, 0.3) is 28.2 Å². The predicted octanol–water partition coefficient (Wildman–Crippen LogP) is 4.19. The maximum Gasteiger partial charge on any atom is 0.155 e. The molecule has 0 saturated carbocycles. The molecule has 0 saturated heterocycles. The average molecular weight is 320 g/mol. The van der Waals surface area contributed by atoms with Gasteiger partial charge in [-0.3, -0.25) is 9.38 Å². The van der Waals surface area contributed by atoms with E-state index in [2.05, 4.69) is 66.6 Å². The van der Waals surface area contributed by atoms with Crippen LogP contribution in [0, 0.1) is 0 Å². The Bertz CT molecular complexity index is 954. The Morgan fingerprint density at radius 2 is 1.96 bits per heavy atom. The van der Waals surface area contributed by atoms with E-state index in [0.717, 1.165) is 28.2 Å². The van der Waals surface area contributed by atoms with Crippen LogP contribution >= 0.6 is 11.3 Å². The van der Waals surface area contributed by atoms with Crippen molar-refractivity contribution in [3.05, 3.63) is 59.7 Å². The van der Waals surface area contributed by atoms with Gasteiger partial charge in [-0.15, -0.1) is 0 Å². The van der Waals surface area contributed by atoms with Gasteiger partial charge in [-0.2, -0.15) is 11.3 Å². The van der Waals surface area contributed by atoms with E-state index in [-0.39, 0.29) is 0 Å². The van der Waals surface area contributed by atoms with E-state index < -0.39 is 0 Å². The standard InChI is InChI=1S/C18H16N4S/c1-21(2)15-5-3-4-13(8-15)17-9-20-18-10-19-16(11-22(17)18)14-6-7-23-12-14/h3-12H,1-2H3. The summed E-state index contributed by atoms with van der Waals surface area (Å²) < 4.78 is 2.11. The third-order valence-electron chi connectivity index (χ3n) is 3.87. The van der Waals surface area contributed by atoms with Crippen molar-refractivity contribution < 1.29 is 0 Å². The zero-order valence-electron chi connectivity index (χ0n) is 13.0. The summed E-state index contributed by atoms with van der Waals surface area (Å²) in [5, 5.41) is 4.17. The first-order valence-corrected chi connectivity index (χ1v) is 8.30. The van der Waals surface area contributed by atoms with E-state index in [1.54, 1.807) is 11.3 Å². The Balaban J connectivity index is 1.87. The van der Waals surface area contributed by atoms with Crippen molar-refractivity contribution in [2.75, 3.05) is 19.0 Å². The highest BCUT2D eigenvalue weighted by molar-refractivity contribution is 7.08. The van der Waals surface area contributed by atoms with Crippen LogP contribution < -0.4 is 4.90 Å². The lowest BCUT2D eigenvalue weighted by Crippen LogP contribution is -2.08. The molecule has 3 heterocycles. The van der Waals surface area contributed by atoms with Gasteiger partial charge in [-0.05, 0) is 23.6 Å². The molecule has 114 valence electrons. The lowest BCUT2D eigenvalue weighted by atomic mass is 10.1. The van der Waals surface area contributed by atoms with Gasteiger partial charge in [-0.1, -0.05) is 12.1 Å². The van der Waals surface area contributed by atoms with Crippen LogP contribution in [0.4, 0.5) is 5.69 Å². The van der Waals surface area contributed by atoms with Crippen LogP contribution in [0.1, 0.15) is 0 Å². The molecular formula is C18H16N4S. The number of imidazole rings is 1. The van der Waals surface area contributed by atoms with Gasteiger partial charge in [0.25, 0.3) is 0 Å². The highest BCUT2D eigenvalue weighted by atomic mass is 32.1. The highest BCUT2D eigenvalue weighted by Crippen LogP contribution is 2.26. The number of aromatic nitrogens is 3. The average Bonchev–Trinajstić information content (AvgIpc) is 3.24.